The van der Waals surface area contributed by atoms with Crippen LogP contribution in [0.15, 0.2) is 29.4 Å². The average Bonchev–Trinajstić information content (AvgIpc) is 2.88. The Labute approximate surface area is 135 Å². The monoisotopic (exact) mass is 340 g/mol. The van der Waals surface area contributed by atoms with Crippen molar-refractivity contribution < 1.29 is 22.7 Å². The van der Waals surface area contributed by atoms with Crippen molar-refractivity contribution in [1.29, 1.82) is 0 Å². The third-order valence-electron chi connectivity index (χ3n) is 3.05. The Balaban J connectivity index is 2.08. The summed E-state index contributed by atoms with van der Waals surface area (Å²) in [6.45, 7) is 3.56. The van der Waals surface area contributed by atoms with Gasteiger partial charge in [0.05, 0.1) is 18.4 Å². The first-order valence-electron chi connectivity index (χ1n) is 7.01. The number of aryl methyl sites for hydroxylation is 1. The first-order valence-corrected chi connectivity index (χ1v) is 7.01. The lowest BCUT2D eigenvalue weighted by molar-refractivity contribution is -0.137. The van der Waals surface area contributed by atoms with Crippen LogP contribution in [0.2, 0.25) is 0 Å². The van der Waals surface area contributed by atoms with E-state index in [9.17, 15) is 18.0 Å². The molecule has 0 aliphatic heterocycles. The number of anilines is 1. The van der Waals surface area contributed by atoms with Gasteiger partial charge in [0, 0.05) is 5.69 Å². The number of nitrogens with one attached hydrogen (secondary N) is 2. The summed E-state index contributed by atoms with van der Waals surface area (Å²) in [5.74, 6) is -0.370. The fraction of sp³-hybridized carbons (Fsp3) is 0.267. The van der Waals surface area contributed by atoms with E-state index in [2.05, 4.69) is 20.7 Å². The van der Waals surface area contributed by atoms with Gasteiger partial charge >= 0.3 is 12.1 Å². The van der Waals surface area contributed by atoms with Gasteiger partial charge in [0.25, 0.3) is 0 Å². The first-order chi connectivity index (χ1) is 11.3. The minimum atomic E-state index is -4.38. The number of carbonyl (C=O) groups excluding carboxylic acids is 1. The maximum Gasteiger partial charge on any atom is 0.416 e. The number of aromatic amines is 1. The fourth-order valence-electron chi connectivity index (χ4n) is 1.89. The van der Waals surface area contributed by atoms with Crippen LogP contribution < -0.4 is 5.43 Å². The highest BCUT2D eigenvalue weighted by atomic mass is 19.4. The van der Waals surface area contributed by atoms with Gasteiger partial charge < -0.3 is 4.74 Å². The molecule has 0 aliphatic rings. The van der Waals surface area contributed by atoms with Crippen LogP contribution in [-0.4, -0.2) is 29.0 Å². The van der Waals surface area contributed by atoms with Crippen molar-refractivity contribution in [3.63, 3.8) is 0 Å². The van der Waals surface area contributed by atoms with Gasteiger partial charge in [-0.15, -0.1) is 0 Å². The van der Waals surface area contributed by atoms with E-state index in [1.54, 1.807) is 13.8 Å². The topological polar surface area (TPSA) is 79.4 Å². The average molecular weight is 340 g/mol. The summed E-state index contributed by atoms with van der Waals surface area (Å²) < 4.78 is 42.3. The summed E-state index contributed by atoms with van der Waals surface area (Å²) in [4.78, 5) is 11.8. The van der Waals surface area contributed by atoms with Crippen LogP contribution in [0.3, 0.4) is 0 Å². The number of hydrogen-bond acceptors (Lipinski definition) is 5. The molecule has 6 nitrogen and oxygen atoms in total. The molecule has 2 rings (SSSR count). The van der Waals surface area contributed by atoms with Gasteiger partial charge in [0.15, 0.2) is 5.82 Å². The lowest BCUT2D eigenvalue weighted by atomic mass is 10.1. The van der Waals surface area contributed by atoms with E-state index in [0.717, 1.165) is 12.1 Å². The molecule has 2 N–H and O–H groups in total. The molecule has 24 heavy (non-hydrogen) atoms. The molecule has 0 saturated heterocycles. The number of aromatic nitrogens is 2. The number of esters is 1. The second kappa shape index (κ2) is 7.16. The molecule has 0 spiro atoms. The zero-order chi connectivity index (χ0) is 17.7. The Hall–Kier alpha value is -2.84. The minimum absolute atomic E-state index is 0.175. The number of carbonyl (C=O) groups is 1. The fourth-order valence-corrected chi connectivity index (χ4v) is 1.89. The van der Waals surface area contributed by atoms with E-state index in [0.29, 0.717) is 11.3 Å². The highest BCUT2D eigenvalue weighted by molar-refractivity contribution is 5.96. The van der Waals surface area contributed by atoms with E-state index in [-0.39, 0.29) is 18.0 Å². The number of halogens is 3. The molecule has 0 aliphatic carbocycles. The van der Waals surface area contributed by atoms with Crippen molar-refractivity contribution in [3.05, 3.63) is 46.6 Å². The second-order valence-corrected chi connectivity index (χ2v) is 4.78. The summed E-state index contributed by atoms with van der Waals surface area (Å²) in [5.41, 5.74) is 3.03. The van der Waals surface area contributed by atoms with Gasteiger partial charge in [-0.05, 0) is 31.5 Å². The maximum atomic E-state index is 12.5. The standard InChI is InChI=1S/C15H15F3N4O2/c1-3-24-14(23)12-9(2)20-22-13(12)21-19-8-10-4-6-11(7-5-10)15(16,17)18/h4-8H,3H2,1-2H3,(H2,20,21,22)/b19-8+. The van der Waals surface area contributed by atoms with E-state index >= 15 is 0 Å². The van der Waals surface area contributed by atoms with Gasteiger partial charge in [0.2, 0.25) is 0 Å². The Morgan fingerprint density at radius 2 is 2.04 bits per heavy atom. The number of alkyl halides is 3. The Kier molecular flexibility index (Phi) is 5.22. The number of H-pyrrole nitrogens is 1. The molecule has 1 heterocycles. The zero-order valence-electron chi connectivity index (χ0n) is 12.9. The Bertz CT molecular complexity index is 736. The molecule has 0 unspecified atom stereocenters. The Morgan fingerprint density at radius 3 is 2.62 bits per heavy atom. The molecule has 0 atom stereocenters. The molecular formula is C15H15F3N4O2. The third-order valence-corrected chi connectivity index (χ3v) is 3.05. The summed E-state index contributed by atoms with van der Waals surface area (Å²) in [5, 5.41) is 10.4. The largest absolute Gasteiger partial charge is 0.462 e. The van der Waals surface area contributed by atoms with Gasteiger partial charge in [-0.1, -0.05) is 12.1 Å². The summed E-state index contributed by atoms with van der Waals surface area (Å²) in [6, 6.07) is 4.50. The molecule has 0 amide bonds. The van der Waals surface area contributed by atoms with Crippen LogP contribution in [-0.2, 0) is 10.9 Å². The number of hydrogen-bond donors (Lipinski definition) is 2. The second-order valence-electron chi connectivity index (χ2n) is 4.78. The third kappa shape index (κ3) is 4.12. The molecule has 9 heteroatoms. The molecular weight excluding hydrogens is 325 g/mol. The van der Waals surface area contributed by atoms with E-state index in [1.165, 1.54) is 18.3 Å². The maximum absolute atomic E-state index is 12.5. The van der Waals surface area contributed by atoms with Crippen LogP contribution in [0.4, 0.5) is 19.0 Å². The SMILES string of the molecule is CCOC(=O)c1c(N/N=C/c2ccc(C(F)(F)F)cc2)n[nH]c1C. The molecule has 0 bridgehead atoms. The molecule has 0 saturated carbocycles. The van der Waals surface area contributed by atoms with Gasteiger partial charge in [-0.2, -0.15) is 23.4 Å². The van der Waals surface area contributed by atoms with Crippen LogP contribution in [0.1, 0.15) is 34.1 Å². The lowest BCUT2D eigenvalue weighted by Gasteiger charge is -2.05. The predicted molar refractivity (Wildman–Crippen MR) is 81.9 cm³/mol. The number of rotatable bonds is 5. The summed E-state index contributed by atoms with van der Waals surface area (Å²) >= 11 is 0. The number of ether oxygens (including phenoxy) is 1. The normalized spacial score (nSPS) is 11.7. The number of nitrogens with zero attached hydrogens (tertiary/aromatic N) is 2. The van der Waals surface area contributed by atoms with E-state index in [4.69, 9.17) is 4.74 Å². The van der Waals surface area contributed by atoms with Crippen LogP contribution in [0.5, 0.6) is 0 Å². The molecule has 1 aromatic carbocycles. The number of benzene rings is 1. The number of hydrazone groups is 1. The zero-order valence-corrected chi connectivity index (χ0v) is 12.9. The highest BCUT2D eigenvalue weighted by Gasteiger charge is 2.29. The lowest BCUT2D eigenvalue weighted by Crippen LogP contribution is -2.08. The highest BCUT2D eigenvalue weighted by Crippen LogP contribution is 2.28. The molecule has 2 aromatic rings. The minimum Gasteiger partial charge on any atom is -0.462 e. The summed E-state index contributed by atoms with van der Waals surface area (Å²) in [7, 11) is 0. The van der Waals surface area contributed by atoms with E-state index < -0.39 is 17.7 Å². The first kappa shape index (κ1) is 17.5. The van der Waals surface area contributed by atoms with Crippen LogP contribution in [0.25, 0.3) is 0 Å². The van der Waals surface area contributed by atoms with E-state index in [1.807, 2.05) is 0 Å². The molecule has 0 fully saturated rings. The summed E-state index contributed by atoms with van der Waals surface area (Å²) in [6.07, 6.45) is -3.06. The van der Waals surface area contributed by atoms with Crippen LogP contribution >= 0.6 is 0 Å². The van der Waals surface area contributed by atoms with Gasteiger partial charge in [0.1, 0.15) is 5.56 Å². The molecule has 128 valence electrons. The predicted octanol–water partition coefficient (Wildman–Crippen LogP) is 3.36. The Morgan fingerprint density at radius 1 is 1.38 bits per heavy atom. The van der Waals surface area contributed by atoms with Crippen molar-refractivity contribution >= 4 is 18.0 Å². The molecule has 1 aromatic heterocycles. The van der Waals surface area contributed by atoms with Crippen molar-refractivity contribution in [2.75, 3.05) is 12.0 Å². The quantitative estimate of drug-likeness (QED) is 0.497. The van der Waals surface area contributed by atoms with Crippen molar-refractivity contribution in [3.8, 4) is 0 Å². The smallest absolute Gasteiger partial charge is 0.416 e. The van der Waals surface area contributed by atoms with Crippen LogP contribution in [0, 0.1) is 6.92 Å². The van der Waals surface area contributed by atoms with Gasteiger partial charge in [-0.3, -0.25) is 10.5 Å². The van der Waals surface area contributed by atoms with Crippen molar-refractivity contribution in [1.82, 2.24) is 10.2 Å². The molecule has 0 radical (unpaired) electrons. The van der Waals surface area contributed by atoms with Gasteiger partial charge in [-0.25, -0.2) is 4.79 Å². The van der Waals surface area contributed by atoms with Crippen molar-refractivity contribution in [2.24, 2.45) is 5.10 Å². The van der Waals surface area contributed by atoms with Crippen molar-refractivity contribution in [2.45, 2.75) is 20.0 Å².